The van der Waals surface area contributed by atoms with Gasteiger partial charge in [0.15, 0.2) is 0 Å². The topological polar surface area (TPSA) is 62.0 Å². The summed E-state index contributed by atoms with van der Waals surface area (Å²) < 4.78 is 28.2. The van der Waals surface area contributed by atoms with Crippen LogP contribution in [0.2, 0.25) is 5.02 Å². The molecule has 0 radical (unpaired) electrons. The average molecular weight is 375 g/mol. The number of H-pyrrole nitrogens is 1. The van der Waals surface area contributed by atoms with Crippen molar-refractivity contribution in [3.63, 3.8) is 0 Å². The normalized spacial score (nSPS) is 17.6. The summed E-state index contributed by atoms with van der Waals surface area (Å²) in [6.45, 7) is 1.89. The van der Waals surface area contributed by atoms with Gasteiger partial charge in [-0.2, -0.15) is 0 Å². The van der Waals surface area contributed by atoms with Crippen LogP contribution in [0, 0.1) is 6.92 Å². The van der Waals surface area contributed by atoms with Crippen LogP contribution in [0.1, 0.15) is 23.2 Å². The molecular formula is C19H19ClN2O2S. The number of fused-ring (bicyclic) bond motifs is 3. The largest absolute Gasteiger partial charge is 0.358 e. The lowest BCUT2D eigenvalue weighted by atomic mass is 9.92. The minimum absolute atomic E-state index is 0.104. The molecule has 0 amide bonds. The Bertz CT molecular complexity index is 1060. The smallest absolute Gasteiger partial charge is 0.240 e. The van der Waals surface area contributed by atoms with Crippen LogP contribution in [0.3, 0.4) is 0 Å². The van der Waals surface area contributed by atoms with Crippen molar-refractivity contribution in [1.29, 1.82) is 0 Å². The van der Waals surface area contributed by atoms with Gasteiger partial charge in [0.25, 0.3) is 0 Å². The summed E-state index contributed by atoms with van der Waals surface area (Å²) in [4.78, 5) is 3.74. The van der Waals surface area contributed by atoms with E-state index in [9.17, 15) is 8.42 Å². The van der Waals surface area contributed by atoms with Crippen molar-refractivity contribution in [3.05, 3.63) is 64.3 Å². The molecule has 1 heterocycles. The zero-order valence-corrected chi connectivity index (χ0v) is 15.4. The van der Waals surface area contributed by atoms with Gasteiger partial charge in [-0.25, -0.2) is 13.1 Å². The predicted molar refractivity (Wildman–Crippen MR) is 101 cm³/mol. The SMILES string of the molecule is Cc1cccc(S(=O)(=O)NC2CCc3[nH]c4cc(Cl)ccc4c3C2)c1. The van der Waals surface area contributed by atoms with E-state index in [-0.39, 0.29) is 6.04 Å². The molecule has 0 saturated carbocycles. The number of benzene rings is 2. The fraction of sp³-hybridized carbons (Fsp3) is 0.263. The third-order valence-corrected chi connectivity index (χ3v) is 6.52. The number of aryl methyl sites for hydroxylation is 2. The first-order valence-corrected chi connectivity index (χ1v) is 10.2. The molecule has 130 valence electrons. The molecule has 1 unspecified atom stereocenters. The lowest BCUT2D eigenvalue weighted by Gasteiger charge is -2.23. The second-order valence-electron chi connectivity index (χ2n) is 6.65. The molecule has 2 N–H and O–H groups in total. The first kappa shape index (κ1) is 16.6. The molecule has 1 atom stereocenters. The van der Waals surface area contributed by atoms with Crippen molar-refractivity contribution in [2.45, 2.75) is 37.1 Å². The monoisotopic (exact) mass is 374 g/mol. The van der Waals surface area contributed by atoms with E-state index >= 15 is 0 Å². The fourth-order valence-electron chi connectivity index (χ4n) is 3.57. The standard InChI is InChI=1S/C19H19ClN2O2S/c1-12-3-2-4-15(9-12)25(23,24)22-14-6-8-18-17(11-14)16-7-5-13(20)10-19(16)21-18/h2-5,7,9-10,14,21-22H,6,8,11H2,1H3. The lowest BCUT2D eigenvalue weighted by Crippen LogP contribution is -2.38. The van der Waals surface area contributed by atoms with Gasteiger partial charge in [0.1, 0.15) is 0 Å². The first-order chi connectivity index (χ1) is 11.9. The van der Waals surface area contributed by atoms with Gasteiger partial charge in [-0.1, -0.05) is 29.8 Å². The van der Waals surface area contributed by atoms with Gasteiger partial charge in [0, 0.05) is 27.7 Å². The highest BCUT2D eigenvalue weighted by Gasteiger charge is 2.26. The van der Waals surface area contributed by atoms with E-state index < -0.39 is 10.0 Å². The molecule has 1 aliphatic carbocycles. The van der Waals surface area contributed by atoms with Crippen LogP contribution < -0.4 is 4.72 Å². The van der Waals surface area contributed by atoms with E-state index in [2.05, 4.69) is 9.71 Å². The number of aromatic nitrogens is 1. The Morgan fingerprint density at radius 3 is 2.84 bits per heavy atom. The minimum atomic E-state index is -3.51. The number of hydrogen-bond donors (Lipinski definition) is 2. The zero-order valence-electron chi connectivity index (χ0n) is 13.8. The molecule has 1 aliphatic rings. The summed E-state index contributed by atoms with van der Waals surface area (Å²) >= 11 is 6.07. The Balaban J connectivity index is 1.61. The maximum Gasteiger partial charge on any atom is 0.240 e. The number of nitrogens with one attached hydrogen (secondary N) is 2. The van der Waals surface area contributed by atoms with E-state index in [0.717, 1.165) is 29.3 Å². The van der Waals surface area contributed by atoms with E-state index in [1.54, 1.807) is 18.2 Å². The van der Waals surface area contributed by atoms with Crippen LogP contribution in [0.5, 0.6) is 0 Å². The summed E-state index contributed by atoms with van der Waals surface area (Å²) in [7, 11) is -3.51. The molecule has 0 bridgehead atoms. The van der Waals surface area contributed by atoms with E-state index in [1.807, 2.05) is 31.2 Å². The van der Waals surface area contributed by atoms with Gasteiger partial charge in [0.2, 0.25) is 10.0 Å². The Morgan fingerprint density at radius 1 is 1.20 bits per heavy atom. The molecule has 4 rings (SSSR count). The third-order valence-electron chi connectivity index (χ3n) is 4.77. The quantitative estimate of drug-likeness (QED) is 0.728. The summed E-state index contributed by atoms with van der Waals surface area (Å²) in [6, 6.07) is 12.7. The van der Waals surface area contributed by atoms with Crippen molar-refractivity contribution in [1.82, 2.24) is 9.71 Å². The van der Waals surface area contributed by atoms with Crippen molar-refractivity contribution >= 4 is 32.5 Å². The maximum absolute atomic E-state index is 12.7. The minimum Gasteiger partial charge on any atom is -0.358 e. The van der Waals surface area contributed by atoms with Crippen LogP contribution in [-0.4, -0.2) is 19.4 Å². The summed E-state index contributed by atoms with van der Waals surface area (Å²) in [5.74, 6) is 0. The Hall–Kier alpha value is -1.82. The summed E-state index contributed by atoms with van der Waals surface area (Å²) in [5, 5.41) is 1.82. The Labute approximate surface area is 152 Å². The second-order valence-corrected chi connectivity index (χ2v) is 8.80. The van der Waals surface area contributed by atoms with Crippen LogP contribution in [-0.2, 0) is 22.9 Å². The molecule has 6 heteroatoms. The third kappa shape index (κ3) is 3.19. The molecule has 0 spiro atoms. The van der Waals surface area contributed by atoms with E-state index in [4.69, 9.17) is 11.6 Å². The van der Waals surface area contributed by atoms with Crippen LogP contribution >= 0.6 is 11.6 Å². The Morgan fingerprint density at radius 2 is 2.04 bits per heavy atom. The van der Waals surface area contributed by atoms with Crippen molar-refractivity contribution < 1.29 is 8.42 Å². The van der Waals surface area contributed by atoms with Gasteiger partial charge >= 0.3 is 0 Å². The highest BCUT2D eigenvalue weighted by atomic mass is 35.5. The van der Waals surface area contributed by atoms with Crippen molar-refractivity contribution in [3.8, 4) is 0 Å². The number of sulfonamides is 1. The molecule has 3 aromatic rings. The zero-order chi connectivity index (χ0) is 17.6. The highest BCUT2D eigenvalue weighted by Crippen LogP contribution is 2.31. The van der Waals surface area contributed by atoms with E-state index in [1.165, 1.54) is 11.3 Å². The fourth-order valence-corrected chi connectivity index (χ4v) is 5.11. The molecule has 0 fully saturated rings. The summed E-state index contributed by atoms with van der Waals surface area (Å²) in [5.41, 5.74) is 4.32. The highest BCUT2D eigenvalue weighted by molar-refractivity contribution is 7.89. The van der Waals surface area contributed by atoms with Crippen LogP contribution in [0.15, 0.2) is 47.4 Å². The van der Waals surface area contributed by atoms with Crippen molar-refractivity contribution in [2.75, 3.05) is 0 Å². The lowest BCUT2D eigenvalue weighted by molar-refractivity contribution is 0.506. The van der Waals surface area contributed by atoms with Crippen molar-refractivity contribution in [2.24, 2.45) is 0 Å². The van der Waals surface area contributed by atoms with Gasteiger partial charge < -0.3 is 4.98 Å². The Kier molecular flexibility index (Phi) is 4.10. The van der Waals surface area contributed by atoms with Crippen LogP contribution in [0.4, 0.5) is 0 Å². The number of halogens is 1. The average Bonchev–Trinajstić information content (AvgIpc) is 2.91. The molecule has 25 heavy (non-hydrogen) atoms. The predicted octanol–water partition coefficient (Wildman–Crippen LogP) is 3.97. The second kappa shape index (κ2) is 6.16. The number of hydrogen-bond acceptors (Lipinski definition) is 2. The first-order valence-electron chi connectivity index (χ1n) is 8.30. The van der Waals surface area contributed by atoms with Gasteiger partial charge in [0.05, 0.1) is 4.90 Å². The number of aromatic amines is 1. The summed E-state index contributed by atoms with van der Waals surface area (Å²) in [6.07, 6.45) is 2.28. The van der Waals surface area contributed by atoms with Gasteiger partial charge in [-0.3, -0.25) is 0 Å². The van der Waals surface area contributed by atoms with E-state index in [0.29, 0.717) is 16.3 Å². The maximum atomic E-state index is 12.7. The molecular weight excluding hydrogens is 356 g/mol. The van der Waals surface area contributed by atoms with Gasteiger partial charge in [-0.05, 0) is 61.6 Å². The van der Waals surface area contributed by atoms with Gasteiger partial charge in [-0.15, -0.1) is 0 Å². The van der Waals surface area contributed by atoms with Crippen LogP contribution in [0.25, 0.3) is 10.9 Å². The molecule has 0 aliphatic heterocycles. The molecule has 1 aromatic heterocycles. The number of rotatable bonds is 3. The molecule has 4 nitrogen and oxygen atoms in total. The molecule has 2 aromatic carbocycles. The molecule has 0 saturated heterocycles.